The molecule has 1 saturated heterocycles. The Balaban J connectivity index is 1.39. The van der Waals surface area contributed by atoms with Crippen LogP contribution in [0, 0.1) is 0 Å². The Kier molecular flexibility index (Phi) is 4.68. The molecule has 2 amide bonds. The minimum absolute atomic E-state index is 0.0181. The second-order valence-corrected chi connectivity index (χ2v) is 7.94. The second-order valence-electron chi connectivity index (χ2n) is 7.50. The van der Waals surface area contributed by atoms with Crippen LogP contribution in [0.2, 0.25) is 5.02 Å². The summed E-state index contributed by atoms with van der Waals surface area (Å²) in [6, 6.07) is 22.0. The van der Waals surface area contributed by atoms with E-state index in [9.17, 15) is 9.59 Å². The number of para-hydroxylation sites is 2. The van der Waals surface area contributed by atoms with Crippen LogP contribution in [-0.4, -0.2) is 24.4 Å². The number of nitrogens with one attached hydrogen (secondary N) is 1. The lowest BCUT2D eigenvalue weighted by Crippen LogP contribution is -2.40. The monoisotopic (exact) mass is 418 g/mol. The Hall–Kier alpha value is -3.31. The van der Waals surface area contributed by atoms with Crippen LogP contribution in [0.5, 0.6) is 11.5 Å². The standard InChI is InChI=1S/C24H19ClN2O3/c25-15-9-11-17(12-10-15)27-14-16(13-22(27)28)26-24(29)23-18-5-1-3-7-20(18)30-21-8-4-2-6-19(21)23/h1-12,16,23H,13-14H2,(H,26,29)/t16-/m0/s1. The summed E-state index contributed by atoms with van der Waals surface area (Å²) in [5, 5.41) is 3.71. The fraction of sp³-hybridized carbons (Fsp3) is 0.167. The molecule has 0 saturated carbocycles. The fourth-order valence-corrected chi connectivity index (χ4v) is 4.28. The molecular weight excluding hydrogens is 400 g/mol. The Morgan fingerprint density at radius 2 is 1.53 bits per heavy atom. The number of amides is 2. The summed E-state index contributed by atoms with van der Waals surface area (Å²) in [4.78, 5) is 27.6. The molecule has 0 unspecified atom stereocenters. The predicted molar refractivity (Wildman–Crippen MR) is 115 cm³/mol. The summed E-state index contributed by atoms with van der Waals surface area (Å²) < 4.78 is 5.98. The fourth-order valence-electron chi connectivity index (χ4n) is 4.15. The quantitative estimate of drug-likeness (QED) is 0.681. The van der Waals surface area contributed by atoms with Crippen molar-refractivity contribution >= 4 is 29.1 Å². The van der Waals surface area contributed by atoms with Crippen LogP contribution in [-0.2, 0) is 9.59 Å². The summed E-state index contributed by atoms with van der Waals surface area (Å²) in [6.45, 7) is 0.429. The van der Waals surface area contributed by atoms with Crippen molar-refractivity contribution in [3.05, 3.63) is 88.9 Å². The largest absolute Gasteiger partial charge is 0.457 e. The van der Waals surface area contributed by atoms with Gasteiger partial charge in [-0.1, -0.05) is 48.0 Å². The van der Waals surface area contributed by atoms with Gasteiger partial charge in [-0.2, -0.15) is 0 Å². The van der Waals surface area contributed by atoms with Crippen molar-refractivity contribution in [3.63, 3.8) is 0 Å². The van der Waals surface area contributed by atoms with Gasteiger partial charge in [-0.25, -0.2) is 0 Å². The molecule has 5 rings (SSSR count). The van der Waals surface area contributed by atoms with E-state index in [1.165, 1.54) is 0 Å². The lowest BCUT2D eigenvalue weighted by molar-refractivity contribution is -0.122. The smallest absolute Gasteiger partial charge is 0.232 e. The molecule has 0 spiro atoms. The number of ether oxygens (including phenoxy) is 1. The van der Waals surface area contributed by atoms with Crippen LogP contribution in [0.15, 0.2) is 72.8 Å². The maximum Gasteiger partial charge on any atom is 0.232 e. The van der Waals surface area contributed by atoms with Gasteiger partial charge in [0.05, 0.1) is 12.0 Å². The first kappa shape index (κ1) is 18.7. The lowest BCUT2D eigenvalue weighted by atomic mass is 9.87. The zero-order chi connectivity index (χ0) is 20.7. The van der Waals surface area contributed by atoms with Gasteiger partial charge in [0.2, 0.25) is 11.8 Å². The van der Waals surface area contributed by atoms with Crippen molar-refractivity contribution in [2.24, 2.45) is 0 Å². The molecule has 1 fully saturated rings. The van der Waals surface area contributed by atoms with Gasteiger partial charge < -0.3 is 15.0 Å². The summed E-state index contributed by atoms with van der Waals surface area (Å²) in [6.07, 6.45) is 0.265. The highest BCUT2D eigenvalue weighted by Crippen LogP contribution is 2.44. The van der Waals surface area contributed by atoms with E-state index in [1.807, 2.05) is 60.7 Å². The average molecular weight is 419 g/mol. The predicted octanol–water partition coefficient (Wildman–Crippen LogP) is 4.50. The molecule has 30 heavy (non-hydrogen) atoms. The number of carbonyl (C=O) groups excluding carboxylic acids is 2. The maximum atomic E-state index is 13.4. The van der Waals surface area contributed by atoms with E-state index in [0.29, 0.717) is 23.1 Å². The molecule has 2 aliphatic heterocycles. The Morgan fingerprint density at radius 1 is 0.933 bits per heavy atom. The van der Waals surface area contributed by atoms with Crippen molar-refractivity contribution in [2.75, 3.05) is 11.4 Å². The molecule has 3 aromatic rings. The second kappa shape index (κ2) is 7.50. The minimum atomic E-state index is -0.481. The summed E-state index contributed by atoms with van der Waals surface area (Å²) in [5.41, 5.74) is 2.43. The molecule has 0 aromatic heterocycles. The third-order valence-corrected chi connectivity index (χ3v) is 5.80. The van der Waals surface area contributed by atoms with Gasteiger partial charge in [-0.3, -0.25) is 9.59 Å². The molecule has 3 aromatic carbocycles. The Morgan fingerprint density at radius 3 is 2.17 bits per heavy atom. The number of hydrogen-bond donors (Lipinski definition) is 1. The van der Waals surface area contributed by atoms with Gasteiger partial charge in [-0.05, 0) is 36.4 Å². The molecule has 0 aliphatic carbocycles. The molecule has 1 N–H and O–H groups in total. The third kappa shape index (κ3) is 3.31. The first-order valence-corrected chi connectivity index (χ1v) is 10.2. The van der Waals surface area contributed by atoms with Crippen LogP contribution in [0.1, 0.15) is 23.5 Å². The molecular formula is C24H19ClN2O3. The van der Waals surface area contributed by atoms with E-state index in [0.717, 1.165) is 16.8 Å². The van der Waals surface area contributed by atoms with E-state index in [1.54, 1.807) is 17.0 Å². The van der Waals surface area contributed by atoms with E-state index in [2.05, 4.69) is 5.32 Å². The van der Waals surface area contributed by atoms with Gasteiger partial charge in [0.25, 0.3) is 0 Å². The summed E-state index contributed by atoms with van der Waals surface area (Å²) in [7, 11) is 0. The average Bonchev–Trinajstić information content (AvgIpc) is 3.12. The molecule has 2 aliphatic rings. The highest BCUT2D eigenvalue weighted by Gasteiger charge is 2.36. The molecule has 1 atom stereocenters. The van der Waals surface area contributed by atoms with Gasteiger partial charge in [0, 0.05) is 34.8 Å². The number of nitrogens with zero attached hydrogens (tertiary/aromatic N) is 1. The molecule has 0 bridgehead atoms. The van der Waals surface area contributed by atoms with Crippen LogP contribution >= 0.6 is 11.6 Å². The van der Waals surface area contributed by atoms with Gasteiger partial charge in [-0.15, -0.1) is 0 Å². The lowest BCUT2D eigenvalue weighted by Gasteiger charge is -2.28. The molecule has 150 valence electrons. The number of fused-ring (bicyclic) bond motifs is 2. The van der Waals surface area contributed by atoms with Crippen LogP contribution in [0.3, 0.4) is 0 Å². The van der Waals surface area contributed by atoms with E-state index in [4.69, 9.17) is 16.3 Å². The number of rotatable bonds is 3. The normalized spacial score (nSPS) is 17.8. The van der Waals surface area contributed by atoms with Gasteiger partial charge in [0.15, 0.2) is 0 Å². The zero-order valence-electron chi connectivity index (χ0n) is 16.0. The number of benzene rings is 3. The van der Waals surface area contributed by atoms with Crippen LogP contribution < -0.4 is 15.0 Å². The highest BCUT2D eigenvalue weighted by atomic mass is 35.5. The maximum absolute atomic E-state index is 13.4. The number of hydrogen-bond acceptors (Lipinski definition) is 3. The van der Waals surface area contributed by atoms with Gasteiger partial charge >= 0.3 is 0 Å². The SMILES string of the molecule is O=C(N[C@H]1CC(=O)N(c2ccc(Cl)cc2)C1)C1c2ccccc2Oc2ccccc21. The van der Waals surface area contributed by atoms with Crippen molar-refractivity contribution in [2.45, 2.75) is 18.4 Å². The summed E-state index contributed by atoms with van der Waals surface area (Å²) >= 11 is 5.95. The third-order valence-electron chi connectivity index (χ3n) is 5.55. The van der Waals surface area contributed by atoms with Crippen molar-refractivity contribution < 1.29 is 14.3 Å². The van der Waals surface area contributed by atoms with Crippen molar-refractivity contribution in [3.8, 4) is 11.5 Å². The Labute approximate surface area is 179 Å². The van der Waals surface area contributed by atoms with Crippen LogP contribution in [0.4, 0.5) is 5.69 Å². The topological polar surface area (TPSA) is 58.6 Å². The zero-order valence-corrected chi connectivity index (χ0v) is 16.8. The molecule has 5 nitrogen and oxygen atoms in total. The van der Waals surface area contributed by atoms with E-state index in [-0.39, 0.29) is 24.3 Å². The van der Waals surface area contributed by atoms with E-state index < -0.39 is 5.92 Å². The molecule has 6 heteroatoms. The highest BCUT2D eigenvalue weighted by molar-refractivity contribution is 6.30. The van der Waals surface area contributed by atoms with Crippen molar-refractivity contribution in [1.29, 1.82) is 0 Å². The molecule has 2 heterocycles. The summed E-state index contributed by atoms with van der Waals surface area (Å²) in [5.74, 6) is 0.735. The van der Waals surface area contributed by atoms with Crippen LogP contribution in [0.25, 0.3) is 0 Å². The minimum Gasteiger partial charge on any atom is -0.457 e. The van der Waals surface area contributed by atoms with Gasteiger partial charge in [0.1, 0.15) is 11.5 Å². The number of halogens is 1. The Bertz CT molecular complexity index is 1080. The number of carbonyl (C=O) groups is 2. The number of anilines is 1. The van der Waals surface area contributed by atoms with Crippen molar-refractivity contribution in [1.82, 2.24) is 5.32 Å². The first-order valence-electron chi connectivity index (χ1n) is 9.82. The van der Waals surface area contributed by atoms with E-state index >= 15 is 0 Å². The molecule has 0 radical (unpaired) electrons. The first-order chi connectivity index (χ1) is 14.6.